The number of aliphatic imine (C=N–C) groups is 1. The molecule has 0 spiro atoms. The van der Waals surface area contributed by atoms with Crippen LogP contribution in [-0.2, 0) is 10.0 Å². The van der Waals surface area contributed by atoms with E-state index in [1.54, 1.807) is 12.1 Å². The van der Waals surface area contributed by atoms with E-state index >= 15 is 0 Å². The molecule has 0 unspecified atom stereocenters. The zero-order valence-electron chi connectivity index (χ0n) is 15.3. The highest BCUT2D eigenvalue weighted by Gasteiger charge is 2.29. The van der Waals surface area contributed by atoms with Gasteiger partial charge in [-0.05, 0) is 48.4 Å². The third-order valence-electron chi connectivity index (χ3n) is 5.62. The maximum Gasteiger partial charge on any atom is 0.264 e. The summed E-state index contributed by atoms with van der Waals surface area (Å²) in [5.74, 6) is 2.47. The Morgan fingerprint density at radius 3 is 2.65 bits per heavy atom. The summed E-state index contributed by atoms with van der Waals surface area (Å²) >= 11 is 5.81. The molecule has 0 amide bonds. The van der Waals surface area contributed by atoms with Crippen LogP contribution in [0.4, 0.5) is 0 Å². The highest BCUT2D eigenvalue weighted by molar-refractivity contribution is 7.90. The van der Waals surface area contributed by atoms with Crippen LogP contribution in [0.25, 0.3) is 0 Å². The van der Waals surface area contributed by atoms with E-state index in [4.69, 9.17) is 11.6 Å². The average molecular weight is 399 g/mol. The number of sulfonamides is 1. The summed E-state index contributed by atoms with van der Waals surface area (Å²) in [6.07, 6.45) is 3.89. The van der Waals surface area contributed by atoms with Gasteiger partial charge in [0.1, 0.15) is 0 Å². The van der Waals surface area contributed by atoms with Crippen molar-refractivity contribution in [2.75, 3.05) is 19.9 Å². The summed E-state index contributed by atoms with van der Waals surface area (Å²) in [5.41, 5.74) is 0. The molecule has 6 nitrogen and oxygen atoms in total. The molecule has 3 atom stereocenters. The third-order valence-corrected chi connectivity index (χ3v) is 7.23. The molecular formula is C18H27ClN4O2S. The van der Waals surface area contributed by atoms with E-state index in [0.29, 0.717) is 30.2 Å². The van der Waals surface area contributed by atoms with Gasteiger partial charge in [-0.3, -0.25) is 4.90 Å². The number of halogens is 1. The van der Waals surface area contributed by atoms with Crippen molar-refractivity contribution in [1.29, 1.82) is 0 Å². The second-order valence-electron chi connectivity index (χ2n) is 7.42. The summed E-state index contributed by atoms with van der Waals surface area (Å²) in [6.45, 7) is 6.79. The summed E-state index contributed by atoms with van der Waals surface area (Å²) in [6, 6.07) is 6.07. The molecule has 1 fully saturated rings. The molecule has 26 heavy (non-hydrogen) atoms. The lowest BCUT2D eigenvalue weighted by molar-refractivity contribution is 0.121. The predicted octanol–water partition coefficient (Wildman–Crippen LogP) is 2.87. The van der Waals surface area contributed by atoms with E-state index in [1.165, 1.54) is 31.4 Å². The van der Waals surface area contributed by atoms with Gasteiger partial charge in [-0.15, -0.1) is 0 Å². The first-order valence-electron chi connectivity index (χ1n) is 9.14. The van der Waals surface area contributed by atoms with Crippen LogP contribution in [0.2, 0.25) is 5.02 Å². The SMILES string of the molecule is C[C@@H]1[C@@H](CN2CN=C(NS(=O)(=O)c3ccc(Cl)cc3)NC2)CCC[C@H]1C. The van der Waals surface area contributed by atoms with Gasteiger partial charge in [0.2, 0.25) is 5.96 Å². The second-order valence-corrected chi connectivity index (χ2v) is 9.54. The lowest BCUT2D eigenvalue weighted by Gasteiger charge is -2.38. The van der Waals surface area contributed by atoms with Gasteiger partial charge in [-0.2, -0.15) is 0 Å². The van der Waals surface area contributed by atoms with Crippen molar-refractivity contribution in [3.63, 3.8) is 0 Å². The highest BCUT2D eigenvalue weighted by atomic mass is 35.5. The van der Waals surface area contributed by atoms with Gasteiger partial charge < -0.3 is 5.32 Å². The average Bonchev–Trinajstić information content (AvgIpc) is 2.61. The molecule has 1 aliphatic carbocycles. The van der Waals surface area contributed by atoms with Gasteiger partial charge in [-0.25, -0.2) is 18.1 Å². The lowest BCUT2D eigenvalue weighted by Crippen LogP contribution is -2.51. The Hall–Kier alpha value is -1.31. The van der Waals surface area contributed by atoms with Crippen molar-refractivity contribution >= 4 is 27.6 Å². The van der Waals surface area contributed by atoms with Crippen molar-refractivity contribution in [2.24, 2.45) is 22.7 Å². The molecule has 1 saturated carbocycles. The Morgan fingerprint density at radius 2 is 2.00 bits per heavy atom. The molecule has 0 radical (unpaired) electrons. The zero-order valence-corrected chi connectivity index (χ0v) is 16.9. The van der Waals surface area contributed by atoms with Gasteiger partial charge in [0.05, 0.1) is 18.2 Å². The van der Waals surface area contributed by atoms with E-state index in [2.05, 4.69) is 33.8 Å². The molecule has 144 valence electrons. The first-order chi connectivity index (χ1) is 12.3. The molecule has 1 heterocycles. The number of rotatable bonds is 4. The minimum atomic E-state index is -3.66. The van der Waals surface area contributed by atoms with Crippen molar-refractivity contribution in [3.8, 4) is 0 Å². The zero-order chi connectivity index (χ0) is 18.7. The van der Waals surface area contributed by atoms with E-state index < -0.39 is 10.0 Å². The Balaban J connectivity index is 1.56. The molecule has 8 heteroatoms. The van der Waals surface area contributed by atoms with Gasteiger partial charge >= 0.3 is 0 Å². The molecule has 0 aromatic heterocycles. The van der Waals surface area contributed by atoms with Crippen LogP contribution in [0, 0.1) is 17.8 Å². The second kappa shape index (κ2) is 8.15. The van der Waals surface area contributed by atoms with Gasteiger partial charge in [-0.1, -0.05) is 38.3 Å². The molecule has 1 aromatic rings. The number of hydrogen-bond acceptors (Lipinski definition) is 5. The molecule has 0 saturated heterocycles. The highest BCUT2D eigenvalue weighted by Crippen LogP contribution is 2.34. The minimum Gasteiger partial charge on any atom is -0.343 e. The quantitative estimate of drug-likeness (QED) is 0.817. The van der Waals surface area contributed by atoms with E-state index in [1.807, 2.05) is 0 Å². The normalized spacial score (nSPS) is 27.5. The van der Waals surface area contributed by atoms with E-state index in [9.17, 15) is 8.42 Å². The third kappa shape index (κ3) is 4.69. The topological polar surface area (TPSA) is 73.8 Å². The van der Waals surface area contributed by atoms with Crippen LogP contribution in [0.15, 0.2) is 34.2 Å². The fourth-order valence-electron chi connectivity index (χ4n) is 3.74. The fraction of sp³-hybridized carbons (Fsp3) is 0.611. The maximum atomic E-state index is 12.4. The Kier molecular flexibility index (Phi) is 6.10. The fourth-order valence-corrected chi connectivity index (χ4v) is 4.86. The number of nitrogens with one attached hydrogen (secondary N) is 2. The summed E-state index contributed by atoms with van der Waals surface area (Å²) in [7, 11) is -3.66. The smallest absolute Gasteiger partial charge is 0.264 e. The maximum absolute atomic E-state index is 12.4. The van der Waals surface area contributed by atoms with E-state index in [0.717, 1.165) is 18.4 Å². The van der Waals surface area contributed by atoms with Crippen LogP contribution in [0.1, 0.15) is 33.1 Å². The predicted molar refractivity (Wildman–Crippen MR) is 104 cm³/mol. The molecule has 0 bridgehead atoms. The van der Waals surface area contributed by atoms with Crippen LogP contribution in [0.5, 0.6) is 0 Å². The van der Waals surface area contributed by atoms with Crippen molar-refractivity contribution in [2.45, 2.75) is 38.0 Å². The molecule has 3 rings (SSSR count). The molecule has 1 aromatic carbocycles. The molecular weight excluding hydrogens is 372 g/mol. The first kappa shape index (κ1) is 19.5. The molecule has 2 aliphatic rings. The summed E-state index contributed by atoms with van der Waals surface area (Å²) in [5, 5.41) is 3.58. The van der Waals surface area contributed by atoms with Crippen molar-refractivity contribution in [3.05, 3.63) is 29.3 Å². The largest absolute Gasteiger partial charge is 0.343 e. The number of benzene rings is 1. The summed E-state index contributed by atoms with van der Waals surface area (Å²) < 4.78 is 27.3. The van der Waals surface area contributed by atoms with Crippen molar-refractivity contribution < 1.29 is 8.42 Å². The van der Waals surface area contributed by atoms with Gasteiger partial charge in [0, 0.05) is 11.6 Å². The lowest BCUT2D eigenvalue weighted by atomic mass is 9.74. The minimum absolute atomic E-state index is 0.166. The van der Waals surface area contributed by atoms with Crippen LogP contribution in [-0.4, -0.2) is 39.2 Å². The van der Waals surface area contributed by atoms with Crippen molar-refractivity contribution in [1.82, 2.24) is 14.9 Å². The summed E-state index contributed by atoms with van der Waals surface area (Å²) in [4.78, 5) is 6.76. The van der Waals surface area contributed by atoms with Crippen LogP contribution in [0.3, 0.4) is 0 Å². The Labute approximate surface area is 161 Å². The number of guanidine groups is 1. The standard InChI is InChI=1S/C18H27ClN4O2S/c1-13-4-3-5-15(14(13)2)10-23-11-20-18(21-12-23)22-26(24,25)17-8-6-16(19)7-9-17/h6-9,13-15H,3-5,10-12H2,1-2H3,(H2,20,21,22)/t13-,14+,15-/m1/s1. The van der Waals surface area contributed by atoms with Gasteiger partial charge in [0.25, 0.3) is 10.0 Å². The Bertz CT molecular complexity index is 751. The number of hydrogen-bond donors (Lipinski definition) is 2. The monoisotopic (exact) mass is 398 g/mol. The molecule has 2 N–H and O–H groups in total. The van der Waals surface area contributed by atoms with Crippen LogP contribution >= 0.6 is 11.6 Å². The number of nitrogens with zero attached hydrogens (tertiary/aromatic N) is 2. The van der Waals surface area contributed by atoms with Crippen LogP contribution < -0.4 is 10.0 Å². The first-order valence-corrected chi connectivity index (χ1v) is 11.0. The van der Waals surface area contributed by atoms with Gasteiger partial charge in [0.15, 0.2) is 0 Å². The Morgan fingerprint density at radius 1 is 1.27 bits per heavy atom. The molecule has 1 aliphatic heterocycles. The van der Waals surface area contributed by atoms with E-state index in [-0.39, 0.29) is 4.90 Å².